The van der Waals surface area contributed by atoms with Crippen LogP contribution in [0.3, 0.4) is 0 Å². The maximum Gasteiger partial charge on any atom is 0.268 e. The molecule has 0 fully saturated rings. The van der Waals surface area contributed by atoms with Crippen molar-refractivity contribution in [2.24, 2.45) is 0 Å². The van der Waals surface area contributed by atoms with Gasteiger partial charge in [0.2, 0.25) is 5.82 Å². The number of nitrogens with one attached hydrogen (secondary N) is 1. The highest BCUT2D eigenvalue weighted by Gasteiger charge is 2.24. The standard InChI is InChI=1S/C19H13F2N3O3S2/c1-11-17(29(25,26)24-15-5-3-2-4-14(15)21)10-16(28-11)19-22-18(23-27-19)12-6-8-13(20)9-7-12/h2-10,24H,1H3. The van der Waals surface area contributed by atoms with Crippen LogP contribution in [0.15, 0.2) is 64.0 Å². The Bertz CT molecular complexity index is 1280. The summed E-state index contributed by atoms with van der Waals surface area (Å²) in [6, 6.07) is 12.5. The van der Waals surface area contributed by atoms with Crippen LogP contribution in [0.2, 0.25) is 0 Å². The molecule has 0 aliphatic carbocycles. The minimum atomic E-state index is -4.01. The fourth-order valence-corrected chi connectivity index (χ4v) is 5.20. The van der Waals surface area contributed by atoms with E-state index in [0.717, 1.165) is 11.3 Å². The molecule has 0 unspecified atom stereocenters. The first-order valence-electron chi connectivity index (χ1n) is 8.31. The van der Waals surface area contributed by atoms with Crippen molar-refractivity contribution in [2.45, 2.75) is 11.8 Å². The highest BCUT2D eigenvalue weighted by atomic mass is 32.2. The zero-order valence-electron chi connectivity index (χ0n) is 14.9. The van der Waals surface area contributed by atoms with Crippen LogP contribution in [-0.4, -0.2) is 18.6 Å². The van der Waals surface area contributed by atoms with E-state index < -0.39 is 15.8 Å². The number of halogens is 2. The second-order valence-corrected chi connectivity index (χ2v) is 8.95. The number of hydrogen-bond acceptors (Lipinski definition) is 6. The molecule has 0 saturated heterocycles. The van der Waals surface area contributed by atoms with Crippen LogP contribution in [0.5, 0.6) is 0 Å². The number of thiophene rings is 1. The van der Waals surface area contributed by atoms with Gasteiger partial charge in [0.1, 0.15) is 16.5 Å². The average Bonchev–Trinajstić information content (AvgIpc) is 3.31. The van der Waals surface area contributed by atoms with E-state index in [0.29, 0.717) is 15.3 Å². The monoisotopic (exact) mass is 433 g/mol. The number of para-hydroxylation sites is 1. The van der Waals surface area contributed by atoms with Gasteiger partial charge in [-0.05, 0) is 49.4 Å². The Morgan fingerprint density at radius 1 is 1.07 bits per heavy atom. The van der Waals surface area contributed by atoms with E-state index in [1.165, 1.54) is 54.6 Å². The summed E-state index contributed by atoms with van der Waals surface area (Å²) >= 11 is 1.15. The SMILES string of the molecule is Cc1sc(-c2nc(-c3ccc(F)cc3)no2)cc1S(=O)(=O)Nc1ccccc1F. The topological polar surface area (TPSA) is 85.1 Å². The Hall–Kier alpha value is -3.11. The minimum Gasteiger partial charge on any atom is -0.333 e. The number of aryl methyl sites for hydroxylation is 1. The second kappa shape index (κ2) is 7.37. The lowest BCUT2D eigenvalue weighted by Crippen LogP contribution is -2.14. The number of hydrogen-bond donors (Lipinski definition) is 1. The van der Waals surface area contributed by atoms with Crippen LogP contribution in [0.4, 0.5) is 14.5 Å². The van der Waals surface area contributed by atoms with E-state index in [1.54, 1.807) is 6.92 Å². The van der Waals surface area contributed by atoms with Crippen molar-refractivity contribution in [3.8, 4) is 22.2 Å². The summed E-state index contributed by atoms with van der Waals surface area (Å²) in [6.07, 6.45) is 0. The van der Waals surface area contributed by atoms with Gasteiger partial charge in [0, 0.05) is 10.4 Å². The zero-order chi connectivity index (χ0) is 20.6. The van der Waals surface area contributed by atoms with Crippen LogP contribution in [0.1, 0.15) is 4.88 Å². The zero-order valence-corrected chi connectivity index (χ0v) is 16.5. The average molecular weight is 433 g/mol. The van der Waals surface area contributed by atoms with Crippen molar-refractivity contribution in [3.05, 3.63) is 71.1 Å². The molecule has 0 spiro atoms. The van der Waals surface area contributed by atoms with Gasteiger partial charge < -0.3 is 4.52 Å². The molecule has 29 heavy (non-hydrogen) atoms. The third-order valence-electron chi connectivity index (χ3n) is 4.02. The van der Waals surface area contributed by atoms with Crippen molar-refractivity contribution >= 4 is 27.0 Å². The molecular weight excluding hydrogens is 420 g/mol. The number of aromatic nitrogens is 2. The Balaban J connectivity index is 1.64. The summed E-state index contributed by atoms with van der Waals surface area (Å²) in [4.78, 5) is 5.16. The van der Waals surface area contributed by atoms with Crippen molar-refractivity contribution in [1.29, 1.82) is 0 Å². The fourth-order valence-electron chi connectivity index (χ4n) is 2.62. The van der Waals surface area contributed by atoms with Crippen molar-refractivity contribution < 1.29 is 21.7 Å². The van der Waals surface area contributed by atoms with Crippen LogP contribution in [0, 0.1) is 18.6 Å². The predicted octanol–water partition coefficient (Wildman–Crippen LogP) is 4.85. The van der Waals surface area contributed by atoms with E-state index in [2.05, 4.69) is 14.9 Å². The molecule has 0 amide bonds. The predicted molar refractivity (Wildman–Crippen MR) is 105 cm³/mol. The summed E-state index contributed by atoms with van der Waals surface area (Å²) in [5.41, 5.74) is 0.416. The molecular formula is C19H13F2N3O3S2. The number of anilines is 1. The smallest absolute Gasteiger partial charge is 0.268 e. The lowest BCUT2D eigenvalue weighted by atomic mass is 10.2. The lowest BCUT2D eigenvalue weighted by molar-refractivity contribution is 0.433. The van der Waals surface area contributed by atoms with Crippen LogP contribution in [-0.2, 0) is 10.0 Å². The molecule has 0 saturated carbocycles. The number of benzene rings is 2. The van der Waals surface area contributed by atoms with Crippen molar-refractivity contribution in [3.63, 3.8) is 0 Å². The van der Waals surface area contributed by atoms with E-state index >= 15 is 0 Å². The molecule has 4 rings (SSSR count). The van der Waals surface area contributed by atoms with Crippen molar-refractivity contribution in [2.75, 3.05) is 4.72 Å². The van der Waals surface area contributed by atoms with Gasteiger partial charge in [-0.3, -0.25) is 4.72 Å². The third-order valence-corrected chi connectivity index (χ3v) is 6.68. The van der Waals surface area contributed by atoms with Crippen molar-refractivity contribution in [1.82, 2.24) is 10.1 Å². The molecule has 0 radical (unpaired) electrons. The molecule has 0 bridgehead atoms. The van der Waals surface area contributed by atoms with Gasteiger partial charge in [-0.2, -0.15) is 4.98 Å². The van der Waals surface area contributed by atoms with E-state index in [-0.39, 0.29) is 28.1 Å². The minimum absolute atomic E-state index is 0.0118. The van der Waals surface area contributed by atoms with Gasteiger partial charge >= 0.3 is 0 Å². The molecule has 2 aromatic heterocycles. The van der Waals surface area contributed by atoms with Gasteiger partial charge in [-0.1, -0.05) is 17.3 Å². The van der Waals surface area contributed by atoms with Gasteiger partial charge in [0.05, 0.1) is 10.6 Å². The fraction of sp³-hybridized carbons (Fsp3) is 0.0526. The molecule has 2 heterocycles. The summed E-state index contributed by atoms with van der Waals surface area (Å²) in [7, 11) is -4.01. The Labute approximate surface area is 168 Å². The molecule has 10 heteroatoms. The molecule has 6 nitrogen and oxygen atoms in total. The molecule has 0 atom stereocenters. The lowest BCUT2D eigenvalue weighted by Gasteiger charge is -2.08. The molecule has 4 aromatic rings. The normalized spacial score (nSPS) is 11.6. The van der Waals surface area contributed by atoms with Crippen LogP contribution in [0.25, 0.3) is 22.2 Å². The molecule has 0 aliphatic rings. The highest BCUT2D eigenvalue weighted by molar-refractivity contribution is 7.93. The quantitative estimate of drug-likeness (QED) is 0.486. The van der Waals surface area contributed by atoms with Gasteiger partial charge in [0.15, 0.2) is 0 Å². The molecule has 1 N–H and O–H groups in total. The number of nitrogens with zero attached hydrogens (tertiary/aromatic N) is 2. The first-order valence-corrected chi connectivity index (χ1v) is 10.6. The molecule has 0 aliphatic heterocycles. The van der Waals surface area contributed by atoms with Crippen LogP contribution >= 0.6 is 11.3 Å². The Morgan fingerprint density at radius 3 is 2.52 bits per heavy atom. The largest absolute Gasteiger partial charge is 0.333 e. The van der Waals surface area contributed by atoms with Gasteiger partial charge in [-0.15, -0.1) is 11.3 Å². The van der Waals surface area contributed by atoms with Gasteiger partial charge in [-0.25, -0.2) is 17.2 Å². The molecule has 2 aromatic carbocycles. The van der Waals surface area contributed by atoms with E-state index in [9.17, 15) is 17.2 Å². The Morgan fingerprint density at radius 2 is 1.79 bits per heavy atom. The number of rotatable bonds is 5. The third kappa shape index (κ3) is 3.89. The molecule has 148 valence electrons. The van der Waals surface area contributed by atoms with E-state index in [4.69, 9.17) is 4.52 Å². The summed E-state index contributed by atoms with van der Waals surface area (Å²) in [6.45, 7) is 1.63. The highest BCUT2D eigenvalue weighted by Crippen LogP contribution is 2.34. The Kier molecular flexibility index (Phi) is 4.89. The van der Waals surface area contributed by atoms with E-state index in [1.807, 2.05) is 0 Å². The van der Waals surface area contributed by atoms with Gasteiger partial charge in [0.25, 0.3) is 15.9 Å². The summed E-state index contributed by atoms with van der Waals surface area (Å²) < 4.78 is 59.8. The maximum absolute atomic E-state index is 13.8. The summed E-state index contributed by atoms with van der Waals surface area (Å²) in [5, 5.41) is 3.86. The van der Waals surface area contributed by atoms with Crippen LogP contribution < -0.4 is 4.72 Å². The summed E-state index contributed by atoms with van der Waals surface area (Å²) in [5.74, 6) is -0.682. The first kappa shape index (κ1) is 19.2. The first-order chi connectivity index (χ1) is 13.8. The maximum atomic E-state index is 13.8. The second-order valence-electron chi connectivity index (χ2n) is 6.05. The number of sulfonamides is 1.